The van der Waals surface area contributed by atoms with Crippen molar-refractivity contribution in [3.8, 4) is 0 Å². The minimum Gasteiger partial charge on any atom is -0.460 e. The molecule has 2 unspecified atom stereocenters. The molecule has 0 heterocycles. The molecule has 0 saturated carbocycles. The number of carbonyl (C=O) groups excluding carboxylic acids is 3. The maximum Gasteiger partial charge on any atom is 0.407 e. The Balaban J connectivity index is 4.19. The summed E-state index contributed by atoms with van der Waals surface area (Å²) in [7, 11) is 0. The molecule has 3 N–H and O–H groups in total. The van der Waals surface area contributed by atoms with E-state index in [0.717, 1.165) is 0 Å². The first kappa shape index (κ1) is 17.8. The Labute approximate surface area is 117 Å². The number of carbonyl (C=O) groups is 3. The van der Waals surface area contributed by atoms with Crippen LogP contribution in [-0.2, 0) is 19.1 Å². The summed E-state index contributed by atoms with van der Waals surface area (Å²) in [5.41, 5.74) is 5.60. The molecule has 0 spiro atoms. The van der Waals surface area contributed by atoms with Crippen LogP contribution in [0.25, 0.3) is 0 Å². The van der Waals surface area contributed by atoms with Crippen molar-refractivity contribution in [2.45, 2.75) is 13.0 Å². The van der Waals surface area contributed by atoms with Crippen LogP contribution >= 0.6 is 0 Å². The molecule has 0 aliphatic carbocycles. The molecule has 7 heteroatoms. The Kier molecular flexibility index (Phi) is 8.69. The number of nitrogens with one attached hydrogen (secondary N) is 1. The van der Waals surface area contributed by atoms with Crippen LogP contribution in [0.4, 0.5) is 4.79 Å². The molecule has 2 atom stereocenters. The number of nitrogens with two attached hydrogens (primary N) is 1. The molecular formula is C13H20N2O5. The third-order valence-electron chi connectivity index (χ3n) is 2.40. The van der Waals surface area contributed by atoms with Crippen LogP contribution in [0, 0.1) is 5.92 Å². The second kappa shape index (κ2) is 9.74. The number of ketones is 1. The van der Waals surface area contributed by atoms with Crippen LogP contribution in [0.2, 0.25) is 0 Å². The number of rotatable bonds is 9. The summed E-state index contributed by atoms with van der Waals surface area (Å²) >= 11 is 0. The highest BCUT2D eigenvalue weighted by Crippen LogP contribution is 2.04. The first-order chi connectivity index (χ1) is 9.43. The van der Waals surface area contributed by atoms with E-state index in [-0.39, 0.29) is 19.8 Å². The van der Waals surface area contributed by atoms with Gasteiger partial charge in [0.15, 0.2) is 5.78 Å². The molecular weight excluding hydrogens is 264 g/mol. The Bertz CT molecular complexity index is 381. The maximum absolute atomic E-state index is 11.7. The van der Waals surface area contributed by atoms with Gasteiger partial charge in [-0.15, -0.1) is 0 Å². The normalized spacial score (nSPS) is 12.7. The van der Waals surface area contributed by atoms with Gasteiger partial charge in [0.05, 0.1) is 6.54 Å². The average Bonchev–Trinajstić information content (AvgIpc) is 2.46. The number of ether oxygens (including phenoxy) is 2. The lowest BCUT2D eigenvalue weighted by atomic mass is 9.98. The van der Waals surface area contributed by atoms with Crippen LogP contribution in [0.3, 0.4) is 0 Å². The van der Waals surface area contributed by atoms with Gasteiger partial charge in [0.25, 0.3) is 0 Å². The lowest BCUT2D eigenvalue weighted by Gasteiger charge is -2.17. The molecule has 0 fully saturated rings. The molecule has 7 nitrogen and oxygen atoms in total. The van der Waals surface area contributed by atoms with Crippen LogP contribution in [0.1, 0.15) is 6.92 Å². The lowest BCUT2D eigenvalue weighted by Crippen LogP contribution is -2.44. The van der Waals surface area contributed by atoms with Gasteiger partial charge in [-0.3, -0.25) is 9.59 Å². The third kappa shape index (κ3) is 6.69. The summed E-state index contributed by atoms with van der Waals surface area (Å²) in [5.74, 6) is -1.88. The van der Waals surface area contributed by atoms with Gasteiger partial charge >= 0.3 is 12.1 Å². The molecule has 0 aromatic carbocycles. The minimum absolute atomic E-state index is 0.0274. The van der Waals surface area contributed by atoms with E-state index in [1.165, 1.54) is 19.1 Å². The van der Waals surface area contributed by atoms with Crippen molar-refractivity contribution in [2.24, 2.45) is 11.7 Å². The van der Waals surface area contributed by atoms with Gasteiger partial charge in [-0.05, 0) is 0 Å². The zero-order chi connectivity index (χ0) is 15.5. The largest absolute Gasteiger partial charge is 0.460 e. The molecule has 112 valence electrons. The summed E-state index contributed by atoms with van der Waals surface area (Å²) in [6.45, 7) is 8.05. The van der Waals surface area contributed by atoms with E-state index in [9.17, 15) is 14.4 Å². The van der Waals surface area contributed by atoms with Crippen LogP contribution in [0.15, 0.2) is 25.3 Å². The smallest absolute Gasteiger partial charge is 0.407 e. The number of hydrogen-bond donors (Lipinski definition) is 2. The Hall–Kier alpha value is -2.15. The Morgan fingerprint density at radius 2 is 1.75 bits per heavy atom. The number of Topliss-reactive ketones (excluding diaryl/α,β-unsaturated/α-hetero) is 1. The van der Waals surface area contributed by atoms with Crippen molar-refractivity contribution in [3.63, 3.8) is 0 Å². The first-order valence-electron chi connectivity index (χ1n) is 6.01. The molecule has 20 heavy (non-hydrogen) atoms. The van der Waals surface area contributed by atoms with E-state index in [2.05, 4.69) is 23.2 Å². The molecule has 0 aromatic rings. The highest BCUT2D eigenvalue weighted by Gasteiger charge is 2.27. The molecule has 1 amide bonds. The second-order valence-corrected chi connectivity index (χ2v) is 3.94. The summed E-state index contributed by atoms with van der Waals surface area (Å²) < 4.78 is 9.37. The third-order valence-corrected chi connectivity index (χ3v) is 2.40. The molecule has 0 radical (unpaired) electrons. The highest BCUT2D eigenvalue weighted by molar-refractivity contribution is 5.91. The van der Waals surface area contributed by atoms with E-state index in [0.29, 0.717) is 0 Å². The number of alkyl carbamates (subject to hydrolysis) is 1. The molecule has 0 rings (SSSR count). The van der Waals surface area contributed by atoms with Crippen molar-refractivity contribution >= 4 is 17.8 Å². The van der Waals surface area contributed by atoms with Crippen LogP contribution in [-0.4, -0.2) is 43.6 Å². The summed E-state index contributed by atoms with van der Waals surface area (Å²) in [4.78, 5) is 34.3. The fourth-order valence-corrected chi connectivity index (χ4v) is 1.15. The topological polar surface area (TPSA) is 108 Å². The van der Waals surface area contributed by atoms with E-state index in [1.54, 1.807) is 0 Å². The number of hydrogen-bond acceptors (Lipinski definition) is 6. The van der Waals surface area contributed by atoms with Gasteiger partial charge in [-0.2, -0.15) is 0 Å². The first-order valence-corrected chi connectivity index (χ1v) is 6.01. The van der Waals surface area contributed by atoms with Gasteiger partial charge in [0.1, 0.15) is 19.3 Å². The predicted octanol–water partition coefficient (Wildman–Crippen LogP) is 0.160. The fraction of sp³-hybridized carbons (Fsp3) is 0.462. The van der Waals surface area contributed by atoms with E-state index < -0.39 is 29.8 Å². The van der Waals surface area contributed by atoms with Crippen molar-refractivity contribution in [2.75, 3.05) is 19.8 Å². The number of esters is 1. The number of amides is 1. The SMILES string of the molecule is C=CCOC(=O)NCC(=O)C(C)C(N)C(=O)OCC=C. The van der Waals surface area contributed by atoms with Crippen molar-refractivity contribution < 1.29 is 23.9 Å². The summed E-state index contributed by atoms with van der Waals surface area (Å²) in [6.07, 6.45) is 2.05. The lowest BCUT2D eigenvalue weighted by molar-refractivity contribution is -0.147. The van der Waals surface area contributed by atoms with Gasteiger partial charge in [-0.1, -0.05) is 32.2 Å². The van der Waals surface area contributed by atoms with Crippen LogP contribution in [0.5, 0.6) is 0 Å². The molecule has 0 saturated heterocycles. The fourth-order valence-electron chi connectivity index (χ4n) is 1.15. The summed E-state index contributed by atoms with van der Waals surface area (Å²) in [6, 6.07) is -1.09. The summed E-state index contributed by atoms with van der Waals surface area (Å²) in [5, 5.41) is 2.25. The average molecular weight is 284 g/mol. The van der Waals surface area contributed by atoms with Crippen LogP contribution < -0.4 is 11.1 Å². The second-order valence-electron chi connectivity index (χ2n) is 3.94. The highest BCUT2D eigenvalue weighted by atomic mass is 16.5. The van der Waals surface area contributed by atoms with Gasteiger partial charge < -0.3 is 20.5 Å². The quantitative estimate of drug-likeness (QED) is 0.461. The van der Waals surface area contributed by atoms with E-state index in [4.69, 9.17) is 10.5 Å². The molecule has 0 aromatic heterocycles. The van der Waals surface area contributed by atoms with E-state index in [1.807, 2.05) is 0 Å². The molecule has 0 bridgehead atoms. The van der Waals surface area contributed by atoms with Gasteiger partial charge in [-0.25, -0.2) is 4.79 Å². The zero-order valence-electron chi connectivity index (χ0n) is 11.5. The Morgan fingerprint density at radius 3 is 2.30 bits per heavy atom. The molecule has 0 aliphatic heterocycles. The predicted molar refractivity (Wildman–Crippen MR) is 72.9 cm³/mol. The van der Waals surface area contributed by atoms with Crippen molar-refractivity contribution in [1.29, 1.82) is 0 Å². The minimum atomic E-state index is -1.09. The Morgan fingerprint density at radius 1 is 1.20 bits per heavy atom. The zero-order valence-corrected chi connectivity index (χ0v) is 11.5. The van der Waals surface area contributed by atoms with E-state index >= 15 is 0 Å². The standard InChI is InChI=1S/C13H20N2O5/c1-4-6-19-12(17)11(14)9(3)10(16)8-15-13(18)20-7-5-2/h4-5,9,11H,1-2,6-8,14H2,3H3,(H,15,18). The van der Waals surface area contributed by atoms with Gasteiger partial charge in [0, 0.05) is 5.92 Å². The van der Waals surface area contributed by atoms with Crippen molar-refractivity contribution in [3.05, 3.63) is 25.3 Å². The van der Waals surface area contributed by atoms with Gasteiger partial charge in [0.2, 0.25) is 0 Å². The maximum atomic E-state index is 11.7. The van der Waals surface area contributed by atoms with Crippen molar-refractivity contribution in [1.82, 2.24) is 5.32 Å². The molecule has 0 aliphatic rings. The monoisotopic (exact) mass is 284 g/mol.